The molecule has 1 aromatic rings. The molecule has 0 aliphatic rings. The molecule has 0 aliphatic heterocycles. The third-order valence-electron chi connectivity index (χ3n) is 3.58. The third-order valence-corrected chi connectivity index (χ3v) is 5.33. The third kappa shape index (κ3) is 4.64. The monoisotopic (exact) mass is 422 g/mol. The zero-order valence-electron chi connectivity index (χ0n) is 12.3. The minimum Gasteiger partial charge on any atom is -0.346 e. The van der Waals surface area contributed by atoms with Crippen molar-refractivity contribution >= 4 is 37.5 Å². The van der Waals surface area contributed by atoms with Gasteiger partial charge in [-0.2, -0.15) is 0 Å². The minimum atomic E-state index is -0.626. The smallest absolute Gasteiger partial charge is 0.333 e. The number of alkyl halides is 1. The van der Waals surface area contributed by atoms with Crippen LogP contribution >= 0.6 is 31.9 Å². The molecule has 0 spiro atoms. The van der Waals surface area contributed by atoms with Crippen molar-refractivity contribution in [2.75, 3.05) is 5.33 Å². The molecule has 0 atom stereocenters. The average Bonchev–Trinajstić information content (AvgIpc) is 2.42. The maximum Gasteiger partial charge on any atom is 0.333 e. The fourth-order valence-corrected chi connectivity index (χ4v) is 3.91. The number of hydrogen-bond donors (Lipinski definition) is 0. The van der Waals surface area contributed by atoms with Gasteiger partial charge in [-0.3, -0.25) is 14.9 Å². The highest BCUT2D eigenvalue weighted by atomic mass is 79.9. The van der Waals surface area contributed by atoms with E-state index < -0.39 is 10.4 Å². The highest BCUT2D eigenvalue weighted by Gasteiger charge is 2.28. The van der Waals surface area contributed by atoms with Crippen LogP contribution in [-0.4, -0.2) is 14.8 Å². The van der Waals surface area contributed by atoms with E-state index in [4.69, 9.17) is 0 Å². The summed E-state index contributed by atoms with van der Waals surface area (Å²) < 4.78 is 1.99. The number of nitrogens with zero attached hydrogens (tertiary/aromatic N) is 2. The van der Waals surface area contributed by atoms with Crippen LogP contribution in [0.25, 0.3) is 0 Å². The first-order valence-corrected chi connectivity index (χ1v) is 8.90. The molecule has 1 aromatic heterocycles. The minimum absolute atomic E-state index is 0.0475. The van der Waals surface area contributed by atoms with E-state index in [2.05, 4.69) is 45.7 Å². The molecule has 5 nitrogen and oxygen atoms in total. The second kappa shape index (κ2) is 8.08. The van der Waals surface area contributed by atoms with E-state index in [0.29, 0.717) is 6.54 Å². The van der Waals surface area contributed by atoms with Crippen molar-refractivity contribution in [3.05, 3.63) is 37.2 Å². The Labute approximate surface area is 141 Å². The van der Waals surface area contributed by atoms with Crippen LogP contribution in [0.3, 0.4) is 0 Å². The van der Waals surface area contributed by atoms with E-state index in [-0.39, 0.29) is 15.6 Å². The Bertz CT molecular complexity index is 552. The summed E-state index contributed by atoms with van der Waals surface area (Å²) in [4.78, 5) is 22.1. The molecule has 0 unspecified atom stereocenters. The number of nitro groups is 1. The summed E-state index contributed by atoms with van der Waals surface area (Å²) in [7, 11) is 0. The summed E-state index contributed by atoms with van der Waals surface area (Å²) in [6.07, 6.45) is 7.14. The van der Waals surface area contributed by atoms with Gasteiger partial charge in [0.25, 0.3) is 5.43 Å². The summed E-state index contributed by atoms with van der Waals surface area (Å²) in [5, 5.41) is 11.8. The Hall–Kier alpha value is -0.690. The fourth-order valence-electron chi connectivity index (χ4n) is 2.71. The van der Waals surface area contributed by atoms with Crippen molar-refractivity contribution in [1.29, 1.82) is 0 Å². The first kappa shape index (κ1) is 18.4. The molecular formula is C14H20Br2N2O3. The Balaban J connectivity index is 3.20. The van der Waals surface area contributed by atoms with Crippen LogP contribution in [0, 0.1) is 15.5 Å². The van der Waals surface area contributed by atoms with Crippen LogP contribution in [-0.2, 0) is 6.54 Å². The molecule has 0 aliphatic carbocycles. The molecule has 0 N–H and O–H groups in total. The molecule has 0 saturated carbocycles. The fraction of sp³-hybridized carbons (Fsp3) is 0.643. The van der Waals surface area contributed by atoms with Crippen LogP contribution < -0.4 is 5.43 Å². The van der Waals surface area contributed by atoms with Crippen molar-refractivity contribution in [3.63, 3.8) is 0 Å². The molecule has 0 saturated heterocycles. The number of halogens is 2. The number of hydrogen-bond acceptors (Lipinski definition) is 3. The molecule has 118 valence electrons. The lowest BCUT2D eigenvalue weighted by Crippen LogP contribution is -2.29. The summed E-state index contributed by atoms with van der Waals surface area (Å²) in [5.74, 6) is 0. The van der Waals surface area contributed by atoms with Crippen molar-refractivity contribution < 1.29 is 4.92 Å². The van der Waals surface area contributed by atoms with Crippen molar-refractivity contribution in [3.8, 4) is 0 Å². The van der Waals surface area contributed by atoms with Crippen LogP contribution in [0.1, 0.15) is 39.5 Å². The van der Waals surface area contributed by atoms with Gasteiger partial charge in [0, 0.05) is 18.1 Å². The maximum absolute atomic E-state index is 11.7. The normalized spacial score (nSPS) is 11.6. The lowest BCUT2D eigenvalue weighted by atomic mass is 9.81. The molecule has 0 bridgehead atoms. The quantitative estimate of drug-likeness (QED) is 0.351. The SMILES string of the molecule is CCCC(CBr)(CCC)Cn1cc(Br)c(=O)c([N+](=O)[O-])c1. The van der Waals surface area contributed by atoms with E-state index in [1.165, 1.54) is 6.20 Å². The number of rotatable bonds is 8. The van der Waals surface area contributed by atoms with E-state index in [1.54, 1.807) is 10.8 Å². The summed E-state index contributed by atoms with van der Waals surface area (Å²) in [6.45, 7) is 4.92. The molecule has 1 rings (SSSR count). The summed E-state index contributed by atoms with van der Waals surface area (Å²) in [5.41, 5.74) is -0.918. The van der Waals surface area contributed by atoms with Gasteiger partial charge >= 0.3 is 5.69 Å². The number of pyridine rings is 1. The zero-order valence-corrected chi connectivity index (χ0v) is 15.4. The Morgan fingerprint density at radius 3 is 2.29 bits per heavy atom. The van der Waals surface area contributed by atoms with Gasteiger partial charge in [0.05, 0.1) is 15.6 Å². The Morgan fingerprint density at radius 1 is 1.29 bits per heavy atom. The van der Waals surface area contributed by atoms with Crippen LogP contribution in [0.15, 0.2) is 21.7 Å². The van der Waals surface area contributed by atoms with Gasteiger partial charge in [-0.25, -0.2) is 0 Å². The maximum atomic E-state index is 11.7. The number of aromatic nitrogens is 1. The van der Waals surface area contributed by atoms with Gasteiger partial charge in [-0.15, -0.1) is 0 Å². The predicted octanol–water partition coefficient (Wildman–Crippen LogP) is 4.50. The van der Waals surface area contributed by atoms with Gasteiger partial charge in [0.2, 0.25) is 0 Å². The van der Waals surface area contributed by atoms with Gasteiger partial charge in [0.1, 0.15) is 0 Å². The van der Waals surface area contributed by atoms with E-state index >= 15 is 0 Å². The zero-order chi connectivity index (χ0) is 16.0. The topological polar surface area (TPSA) is 65.1 Å². The van der Waals surface area contributed by atoms with E-state index in [0.717, 1.165) is 31.0 Å². The molecular weight excluding hydrogens is 404 g/mol. The molecule has 0 aromatic carbocycles. The van der Waals surface area contributed by atoms with Crippen molar-refractivity contribution in [1.82, 2.24) is 4.57 Å². The highest BCUT2D eigenvalue weighted by molar-refractivity contribution is 9.10. The molecule has 21 heavy (non-hydrogen) atoms. The Kier molecular flexibility index (Phi) is 7.06. The molecule has 7 heteroatoms. The lowest BCUT2D eigenvalue weighted by Gasteiger charge is -2.32. The Morgan fingerprint density at radius 2 is 1.86 bits per heavy atom. The first-order valence-electron chi connectivity index (χ1n) is 6.99. The molecule has 1 heterocycles. The molecule has 0 amide bonds. The van der Waals surface area contributed by atoms with E-state index in [1.807, 2.05) is 0 Å². The van der Waals surface area contributed by atoms with E-state index in [9.17, 15) is 14.9 Å². The second-order valence-corrected chi connectivity index (χ2v) is 6.80. The van der Waals surface area contributed by atoms with Gasteiger partial charge in [-0.05, 0) is 34.2 Å². The predicted molar refractivity (Wildman–Crippen MR) is 91.1 cm³/mol. The first-order chi connectivity index (χ1) is 9.89. The largest absolute Gasteiger partial charge is 0.346 e. The van der Waals surface area contributed by atoms with Crippen LogP contribution in [0.5, 0.6) is 0 Å². The standard InChI is InChI=1S/C14H20Br2N2O3/c1-3-5-14(9-15,6-4-2)10-17-7-11(16)13(19)12(8-17)18(20)21/h7-8H,3-6,9-10H2,1-2H3. The second-order valence-electron chi connectivity index (χ2n) is 5.38. The van der Waals surface area contributed by atoms with Crippen molar-refractivity contribution in [2.45, 2.75) is 46.1 Å². The van der Waals surface area contributed by atoms with Gasteiger partial charge < -0.3 is 4.57 Å². The van der Waals surface area contributed by atoms with Gasteiger partial charge in [-0.1, -0.05) is 42.6 Å². The average molecular weight is 424 g/mol. The van der Waals surface area contributed by atoms with Crippen molar-refractivity contribution in [2.24, 2.45) is 5.41 Å². The van der Waals surface area contributed by atoms with Gasteiger partial charge in [0.15, 0.2) is 0 Å². The van der Waals surface area contributed by atoms with Crippen LogP contribution in [0.2, 0.25) is 0 Å². The summed E-state index contributed by atoms with van der Waals surface area (Å²) >= 11 is 6.72. The highest BCUT2D eigenvalue weighted by Crippen LogP contribution is 2.34. The van der Waals surface area contributed by atoms with Crippen LogP contribution in [0.4, 0.5) is 5.69 Å². The molecule has 0 radical (unpaired) electrons. The summed E-state index contributed by atoms with van der Waals surface area (Å²) in [6, 6.07) is 0. The molecule has 0 fully saturated rings. The lowest BCUT2D eigenvalue weighted by molar-refractivity contribution is -0.386.